The maximum atomic E-state index is 13.2. The molecule has 2 rings (SSSR count). The highest BCUT2D eigenvalue weighted by molar-refractivity contribution is 7.92. The Hall–Kier alpha value is -3.07. The van der Waals surface area contributed by atoms with Gasteiger partial charge < -0.3 is 14.8 Å². The third kappa shape index (κ3) is 5.23. The number of hydrogen-bond donors (Lipinski definition) is 1. The summed E-state index contributed by atoms with van der Waals surface area (Å²) in [5.74, 6) is -0.498. The predicted molar refractivity (Wildman–Crippen MR) is 105 cm³/mol. The Balaban J connectivity index is 2.45. The maximum Gasteiger partial charge on any atom is 0.326 e. The van der Waals surface area contributed by atoms with Crippen LogP contribution in [0.25, 0.3) is 0 Å². The normalized spacial score (nSPS) is 10.8. The molecule has 9 heteroatoms. The molecule has 0 spiro atoms. The second-order valence-electron chi connectivity index (χ2n) is 5.72. The van der Waals surface area contributed by atoms with Crippen LogP contribution in [-0.4, -0.2) is 40.6 Å². The molecule has 0 bridgehead atoms. The molecule has 28 heavy (non-hydrogen) atoms. The molecule has 0 radical (unpaired) electrons. The molecule has 0 aromatic heterocycles. The molecular weight excluding hydrogens is 384 g/mol. The number of carbonyl (C=O) groups excluding carboxylic acids is 2. The number of anilines is 2. The van der Waals surface area contributed by atoms with Gasteiger partial charge in [0.25, 0.3) is 10.0 Å². The minimum absolute atomic E-state index is 0.0349. The van der Waals surface area contributed by atoms with Gasteiger partial charge in [-0.25, -0.2) is 8.42 Å². The quantitative estimate of drug-likeness (QED) is 0.676. The molecular formula is C19H22N2O6S. The molecule has 150 valence electrons. The molecule has 0 aliphatic rings. The van der Waals surface area contributed by atoms with Crippen LogP contribution < -0.4 is 14.4 Å². The SMILES string of the molecule is CCOc1cccc(N(CC(=O)OC)S(=O)(=O)c2ccc(NC(C)=O)cc2)c1. The average molecular weight is 406 g/mol. The van der Waals surface area contributed by atoms with Crippen molar-refractivity contribution in [2.75, 3.05) is 29.9 Å². The molecule has 0 saturated carbocycles. The van der Waals surface area contributed by atoms with Gasteiger partial charge in [-0.15, -0.1) is 0 Å². The molecule has 2 aromatic rings. The van der Waals surface area contributed by atoms with Gasteiger partial charge in [0.15, 0.2) is 0 Å². The largest absolute Gasteiger partial charge is 0.494 e. The van der Waals surface area contributed by atoms with Crippen LogP contribution in [0, 0.1) is 0 Å². The van der Waals surface area contributed by atoms with Crippen molar-refractivity contribution in [2.24, 2.45) is 0 Å². The Morgan fingerprint density at radius 1 is 1.11 bits per heavy atom. The standard InChI is InChI=1S/C19H22N2O6S/c1-4-27-17-7-5-6-16(12-17)21(13-19(23)26-3)28(24,25)18-10-8-15(9-11-18)20-14(2)22/h5-12H,4,13H2,1-3H3,(H,20,22). The minimum Gasteiger partial charge on any atom is -0.494 e. The molecule has 1 N–H and O–H groups in total. The van der Waals surface area contributed by atoms with Crippen LogP contribution in [0.2, 0.25) is 0 Å². The second kappa shape index (κ2) is 9.23. The molecule has 0 aliphatic carbocycles. The fraction of sp³-hybridized carbons (Fsp3) is 0.263. The summed E-state index contributed by atoms with van der Waals surface area (Å²) >= 11 is 0. The third-order valence-corrected chi connectivity index (χ3v) is 5.47. The van der Waals surface area contributed by atoms with Crippen LogP contribution in [0.5, 0.6) is 5.75 Å². The van der Waals surface area contributed by atoms with Crippen LogP contribution in [-0.2, 0) is 24.3 Å². The van der Waals surface area contributed by atoms with Crippen LogP contribution in [0.15, 0.2) is 53.4 Å². The van der Waals surface area contributed by atoms with Gasteiger partial charge in [0, 0.05) is 18.7 Å². The zero-order valence-corrected chi connectivity index (χ0v) is 16.7. The maximum absolute atomic E-state index is 13.2. The fourth-order valence-corrected chi connectivity index (χ4v) is 3.83. The molecule has 0 aliphatic heterocycles. The number of benzene rings is 2. The summed E-state index contributed by atoms with van der Waals surface area (Å²) in [5.41, 5.74) is 0.728. The number of ether oxygens (including phenoxy) is 2. The summed E-state index contributed by atoms with van der Waals surface area (Å²) in [6.45, 7) is 3.08. The number of nitrogens with one attached hydrogen (secondary N) is 1. The zero-order chi connectivity index (χ0) is 20.7. The predicted octanol–water partition coefficient (Wildman–Crippen LogP) is 2.41. The topological polar surface area (TPSA) is 102 Å². The molecule has 0 heterocycles. The summed E-state index contributed by atoms with van der Waals surface area (Å²) in [7, 11) is -2.89. The summed E-state index contributed by atoms with van der Waals surface area (Å²) in [6.07, 6.45) is 0. The van der Waals surface area contributed by atoms with Crippen LogP contribution >= 0.6 is 0 Å². The van der Waals surface area contributed by atoms with E-state index in [4.69, 9.17) is 4.74 Å². The van der Waals surface area contributed by atoms with Crippen molar-refractivity contribution in [3.05, 3.63) is 48.5 Å². The highest BCUT2D eigenvalue weighted by Gasteiger charge is 2.28. The summed E-state index contributed by atoms with van der Waals surface area (Å²) in [5, 5.41) is 2.57. The lowest BCUT2D eigenvalue weighted by Crippen LogP contribution is -2.36. The van der Waals surface area contributed by atoms with E-state index in [1.807, 2.05) is 6.92 Å². The van der Waals surface area contributed by atoms with E-state index in [0.717, 1.165) is 4.31 Å². The number of carbonyl (C=O) groups is 2. The Morgan fingerprint density at radius 3 is 2.36 bits per heavy atom. The lowest BCUT2D eigenvalue weighted by Gasteiger charge is -2.24. The summed E-state index contributed by atoms with van der Waals surface area (Å²) in [4.78, 5) is 22.9. The Labute approximate surface area is 164 Å². The van der Waals surface area contributed by atoms with Gasteiger partial charge in [-0.3, -0.25) is 13.9 Å². The summed E-state index contributed by atoms with van der Waals surface area (Å²) < 4.78 is 37.4. The first-order valence-corrected chi connectivity index (χ1v) is 9.92. The lowest BCUT2D eigenvalue weighted by molar-refractivity contribution is -0.138. The van der Waals surface area contributed by atoms with Gasteiger partial charge in [-0.2, -0.15) is 0 Å². The first-order chi connectivity index (χ1) is 13.3. The van der Waals surface area contributed by atoms with Crippen LogP contribution in [0.4, 0.5) is 11.4 Å². The van der Waals surface area contributed by atoms with Gasteiger partial charge in [-0.05, 0) is 43.3 Å². The van der Waals surface area contributed by atoms with E-state index >= 15 is 0 Å². The smallest absolute Gasteiger partial charge is 0.326 e. The van der Waals surface area contributed by atoms with E-state index in [0.29, 0.717) is 18.0 Å². The molecule has 0 unspecified atom stereocenters. The average Bonchev–Trinajstić information content (AvgIpc) is 2.66. The van der Waals surface area contributed by atoms with Gasteiger partial charge in [0.2, 0.25) is 5.91 Å². The van der Waals surface area contributed by atoms with E-state index in [1.165, 1.54) is 44.4 Å². The highest BCUT2D eigenvalue weighted by atomic mass is 32.2. The number of nitrogens with zero attached hydrogens (tertiary/aromatic N) is 1. The van der Waals surface area contributed by atoms with Crippen molar-refractivity contribution in [1.82, 2.24) is 0 Å². The van der Waals surface area contributed by atoms with Crippen molar-refractivity contribution in [3.63, 3.8) is 0 Å². The minimum atomic E-state index is -4.07. The number of amides is 1. The molecule has 8 nitrogen and oxygen atoms in total. The first-order valence-electron chi connectivity index (χ1n) is 8.48. The van der Waals surface area contributed by atoms with Gasteiger partial charge in [0.1, 0.15) is 12.3 Å². The van der Waals surface area contributed by atoms with Gasteiger partial charge in [0.05, 0.1) is 24.3 Å². The van der Waals surface area contributed by atoms with Gasteiger partial charge >= 0.3 is 5.97 Å². The first kappa shape index (κ1) is 21.2. The Morgan fingerprint density at radius 2 is 1.79 bits per heavy atom. The van der Waals surface area contributed by atoms with Crippen LogP contribution in [0.3, 0.4) is 0 Å². The molecule has 0 saturated heterocycles. The van der Waals surface area contributed by atoms with Crippen LogP contribution in [0.1, 0.15) is 13.8 Å². The molecule has 0 atom stereocenters. The van der Waals surface area contributed by atoms with Crippen molar-refractivity contribution in [2.45, 2.75) is 18.7 Å². The Bertz CT molecular complexity index is 941. The summed E-state index contributed by atoms with van der Waals surface area (Å²) in [6, 6.07) is 12.1. The lowest BCUT2D eigenvalue weighted by atomic mass is 10.3. The number of sulfonamides is 1. The number of rotatable bonds is 8. The fourth-order valence-electron chi connectivity index (χ4n) is 2.43. The van der Waals surface area contributed by atoms with E-state index < -0.39 is 22.5 Å². The van der Waals surface area contributed by atoms with Crippen molar-refractivity contribution < 1.29 is 27.5 Å². The monoisotopic (exact) mass is 406 g/mol. The third-order valence-electron chi connectivity index (χ3n) is 3.68. The zero-order valence-electron chi connectivity index (χ0n) is 15.8. The molecule has 0 fully saturated rings. The van der Waals surface area contributed by atoms with E-state index in [-0.39, 0.29) is 16.5 Å². The van der Waals surface area contributed by atoms with E-state index in [9.17, 15) is 18.0 Å². The second-order valence-corrected chi connectivity index (χ2v) is 7.59. The number of hydrogen-bond acceptors (Lipinski definition) is 6. The van der Waals surface area contributed by atoms with E-state index in [2.05, 4.69) is 10.1 Å². The number of esters is 1. The Kier molecular flexibility index (Phi) is 7.00. The molecule has 2 aromatic carbocycles. The number of methoxy groups -OCH3 is 1. The van der Waals surface area contributed by atoms with Gasteiger partial charge in [-0.1, -0.05) is 6.07 Å². The van der Waals surface area contributed by atoms with E-state index in [1.54, 1.807) is 18.2 Å². The highest BCUT2D eigenvalue weighted by Crippen LogP contribution is 2.27. The van der Waals surface area contributed by atoms with Crippen molar-refractivity contribution in [3.8, 4) is 5.75 Å². The van der Waals surface area contributed by atoms with Crippen molar-refractivity contribution >= 4 is 33.3 Å². The molecule has 1 amide bonds. The van der Waals surface area contributed by atoms with Crippen molar-refractivity contribution in [1.29, 1.82) is 0 Å².